The van der Waals surface area contributed by atoms with Gasteiger partial charge in [-0.25, -0.2) is 0 Å². The van der Waals surface area contributed by atoms with Gasteiger partial charge in [0, 0.05) is 0 Å². The molecule has 1 saturated heterocycles. The predicted octanol–water partition coefficient (Wildman–Crippen LogP) is -1.85. The summed E-state index contributed by atoms with van der Waals surface area (Å²) >= 11 is 0. The van der Waals surface area contributed by atoms with E-state index in [0.29, 0.717) is 15.1 Å². The molecule has 1 aliphatic heterocycles. The lowest BCUT2D eigenvalue weighted by Gasteiger charge is -2.70. The molecule has 1 fully saturated rings. The van der Waals surface area contributed by atoms with Gasteiger partial charge in [0.1, 0.15) is 0 Å². The average Bonchev–Trinajstić information content (AvgIpc) is 1.20. The number of nitrogens with zero attached hydrogens (tertiary/aromatic N) is 2. The molecule has 2 nitrogen and oxygen atoms in total. The van der Waals surface area contributed by atoms with E-state index in [-0.39, 0.29) is 0 Å². The second kappa shape index (κ2) is 1.31. The van der Waals surface area contributed by atoms with Crippen molar-refractivity contribution >= 4 is 15.1 Å². The van der Waals surface area contributed by atoms with Gasteiger partial charge < -0.3 is 8.61 Å². The molecule has 0 unspecified atom stereocenters. The van der Waals surface area contributed by atoms with Crippen LogP contribution in [0.4, 0.5) is 0 Å². The summed E-state index contributed by atoms with van der Waals surface area (Å²) in [4.78, 5) is 0. The van der Waals surface area contributed by atoms with Crippen molar-refractivity contribution in [1.29, 1.82) is 0 Å². The highest BCUT2D eigenvalue weighted by Gasteiger charge is 2.28. The molecular formula is C4H16B2N2. The van der Waals surface area contributed by atoms with Crippen molar-refractivity contribution in [1.82, 2.24) is 0 Å². The van der Waals surface area contributed by atoms with Crippen LogP contribution >= 0.6 is 0 Å². The fourth-order valence-electron chi connectivity index (χ4n) is 3.40. The zero-order valence-corrected chi connectivity index (χ0v) is 6.89. The van der Waals surface area contributed by atoms with E-state index in [1.54, 1.807) is 0 Å². The van der Waals surface area contributed by atoms with E-state index >= 15 is 0 Å². The van der Waals surface area contributed by atoms with E-state index in [9.17, 15) is 0 Å². The Morgan fingerprint density at radius 3 is 1.00 bits per heavy atom. The smallest absolute Gasteiger partial charge is 0.311 e. The van der Waals surface area contributed by atoms with Crippen molar-refractivity contribution in [2.45, 2.75) is 0 Å². The van der Waals surface area contributed by atoms with Crippen molar-refractivity contribution in [3.8, 4) is 0 Å². The van der Waals surface area contributed by atoms with E-state index in [2.05, 4.69) is 28.2 Å². The van der Waals surface area contributed by atoms with Crippen molar-refractivity contribution < 1.29 is 8.61 Å². The Hall–Kier alpha value is 0.0499. The summed E-state index contributed by atoms with van der Waals surface area (Å²) < 4.78 is 2.88. The van der Waals surface area contributed by atoms with Crippen molar-refractivity contribution in [2.75, 3.05) is 28.2 Å². The minimum Gasteiger partial charge on any atom is -0.631 e. The predicted molar refractivity (Wildman–Crippen MR) is 41.3 cm³/mol. The maximum absolute atomic E-state index is 2.38. The first-order chi connectivity index (χ1) is 3.41. The van der Waals surface area contributed by atoms with E-state index in [1.807, 2.05) is 0 Å². The lowest BCUT2D eigenvalue weighted by atomic mass is 9.67. The fraction of sp³-hybridized carbons (Fsp3) is 1.00. The fourth-order valence-corrected chi connectivity index (χ4v) is 3.40. The molecule has 4 heteroatoms. The van der Waals surface area contributed by atoms with Crippen LogP contribution in [0.5, 0.6) is 0 Å². The van der Waals surface area contributed by atoms with Crippen LogP contribution in [-0.2, 0) is 0 Å². The normalized spacial score (nSPS) is 31.5. The lowest BCUT2D eigenvalue weighted by Crippen LogP contribution is -2.78. The minimum atomic E-state index is 0.306. The minimum absolute atomic E-state index is 0.306. The number of rotatable bonds is 0. The van der Waals surface area contributed by atoms with Crippen LogP contribution in [0.2, 0.25) is 0 Å². The average molecular weight is 114 g/mol. The van der Waals surface area contributed by atoms with Crippen molar-refractivity contribution in [3.05, 3.63) is 0 Å². The van der Waals surface area contributed by atoms with Crippen LogP contribution in [0.1, 0.15) is 0 Å². The summed E-state index contributed by atoms with van der Waals surface area (Å²) in [7, 11) is 10.1. The van der Waals surface area contributed by atoms with Crippen LogP contribution in [0.3, 0.4) is 0 Å². The molecule has 0 bridgehead atoms. The van der Waals surface area contributed by atoms with Crippen LogP contribution < -0.4 is 0 Å². The van der Waals surface area contributed by atoms with E-state index < -0.39 is 0 Å². The molecule has 1 aliphatic rings. The topological polar surface area (TPSA) is 0 Å². The summed E-state index contributed by atoms with van der Waals surface area (Å²) in [5, 5.41) is 0. The van der Waals surface area contributed by atoms with Crippen molar-refractivity contribution in [3.63, 3.8) is 0 Å². The second-order valence-corrected chi connectivity index (χ2v) is 5.77. The first kappa shape index (κ1) is 6.17. The van der Waals surface area contributed by atoms with E-state index in [4.69, 9.17) is 0 Å². The molecule has 0 spiro atoms. The maximum atomic E-state index is 2.38. The van der Waals surface area contributed by atoms with Crippen LogP contribution in [0.25, 0.3) is 0 Å². The molecule has 1 rings (SSSR count). The highest BCUT2D eigenvalue weighted by Crippen LogP contribution is 2.12. The van der Waals surface area contributed by atoms with Gasteiger partial charge in [-0.1, -0.05) is 0 Å². The van der Waals surface area contributed by atoms with Crippen molar-refractivity contribution in [2.24, 2.45) is 0 Å². The third-order valence-corrected chi connectivity index (χ3v) is 2.40. The highest BCUT2D eigenvalue weighted by atomic mass is 15.5. The largest absolute Gasteiger partial charge is 0.631 e. The highest BCUT2D eigenvalue weighted by molar-refractivity contribution is 6.46. The lowest BCUT2D eigenvalue weighted by molar-refractivity contribution is -0.890. The van der Waals surface area contributed by atoms with E-state index in [1.165, 1.54) is 8.61 Å². The Balaban J connectivity index is 2.42. The molecule has 8 heavy (non-hydrogen) atoms. The van der Waals surface area contributed by atoms with Crippen LogP contribution in [-0.4, -0.2) is 51.9 Å². The molecule has 0 amide bonds. The molecule has 0 atom stereocenters. The molecule has 0 radical (unpaired) electrons. The van der Waals surface area contributed by atoms with E-state index in [0.717, 1.165) is 0 Å². The molecule has 0 saturated carbocycles. The molecule has 0 aromatic heterocycles. The SMILES string of the molecule is C[N+]1(C)[BH2-][N+](C)(C)[BH2-]1. The third kappa shape index (κ3) is 1.06. The summed E-state index contributed by atoms with van der Waals surface area (Å²) in [6, 6.07) is 0. The first-order valence-electron chi connectivity index (χ1n) is 3.58. The Kier molecular flexibility index (Phi) is 1.01. The molecule has 0 N–H and O–H groups in total. The first-order valence-corrected chi connectivity index (χ1v) is 3.58. The monoisotopic (exact) mass is 114 g/mol. The van der Waals surface area contributed by atoms with Crippen LogP contribution in [0.15, 0.2) is 0 Å². The molecule has 0 aliphatic carbocycles. The van der Waals surface area contributed by atoms with Gasteiger partial charge in [0.2, 0.25) is 0 Å². The zero-order chi connectivity index (χ0) is 6.41. The van der Waals surface area contributed by atoms with Gasteiger partial charge in [-0.15, -0.1) is 0 Å². The van der Waals surface area contributed by atoms with Gasteiger partial charge in [-0.3, -0.25) is 0 Å². The van der Waals surface area contributed by atoms with Gasteiger partial charge in [-0.05, 0) is 28.2 Å². The van der Waals surface area contributed by atoms with Gasteiger partial charge in [0.05, 0.1) is 0 Å². The number of quaternary nitrogens is 2. The Labute approximate surface area is 52.8 Å². The molecule has 0 aromatic rings. The number of hydrogen-bond acceptors (Lipinski definition) is 0. The van der Waals surface area contributed by atoms with Gasteiger partial charge in [0.15, 0.2) is 0 Å². The van der Waals surface area contributed by atoms with Gasteiger partial charge in [-0.2, -0.15) is 0 Å². The molecule has 0 aromatic carbocycles. The number of hydrogen-bond donors (Lipinski definition) is 0. The Morgan fingerprint density at radius 1 is 0.750 bits per heavy atom. The quantitative estimate of drug-likeness (QED) is 0.324. The molecular weight excluding hydrogens is 97.7 g/mol. The standard InChI is InChI=1S/C4H16B2N2/c1-7(2)5-8(3,4)6-7/h5-6H2,1-4H3. The van der Waals surface area contributed by atoms with Gasteiger partial charge in [0.25, 0.3) is 0 Å². The Bertz CT molecular complexity index is 88.6. The summed E-state index contributed by atoms with van der Waals surface area (Å²) in [5.41, 5.74) is 0. The second-order valence-electron chi connectivity index (χ2n) is 5.77. The maximum Gasteiger partial charge on any atom is 0.311 e. The zero-order valence-electron chi connectivity index (χ0n) is 6.89. The summed E-state index contributed by atoms with van der Waals surface area (Å²) in [6.07, 6.45) is 0. The Morgan fingerprint density at radius 2 is 1.00 bits per heavy atom. The molecule has 1 heterocycles. The van der Waals surface area contributed by atoms with Gasteiger partial charge >= 0.3 is 15.1 Å². The summed E-state index contributed by atoms with van der Waals surface area (Å²) in [5.74, 6) is 0. The van der Waals surface area contributed by atoms with Crippen LogP contribution in [0, 0.1) is 0 Å². The molecule has 48 valence electrons. The summed E-state index contributed by atoms with van der Waals surface area (Å²) in [6.45, 7) is 0. The third-order valence-electron chi connectivity index (χ3n) is 2.40.